The van der Waals surface area contributed by atoms with Gasteiger partial charge < -0.3 is 15.4 Å². The fourth-order valence-electron chi connectivity index (χ4n) is 4.06. The number of esters is 1. The first kappa shape index (κ1) is 24.0. The highest BCUT2D eigenvalue weighted by Gasteiger charge is 2.26. The number of ether oxygens (including phenoxy) is 1. The molecule has 33 heavy (non-hydrogen) atoms. The highest BCUT2D eigenvalue weighted by Crippen LogP contribution is 2.38. The van der Waals surface area contributed by atoms with E-state index in [-0.39, 0.29) is 5.97 Å². The molecule has 0 saturated heterocycles. The number of thiophene rings is 1. The van der Waals surface area contributed by atoms with Crippen molar-refractivity contribution in [3.63, 3.8) is 0 Å². The molecule has 0 atom stereocenters. The van der Waals surface area contributed by atoms with Gasteiger partial charge in [0.05, 0.1) is 46.3 Å². The quantitative estimate of drug-likeness (QED) is 0.298. The van der Waals surface area contributed by atoms with Gasteiger partial charge in [-0.25, -0.2) is 4.79 Å². The molecule has 1 aliphatic rings. The van der Waals surface area contributed by atoms with E-state index in [1.54, 1.807) is 17.4 Å². The summed E-state index contributed by atoms with van der Waals surface area (Å²) in [6.07, 6.45) is 4.07. The van der Waals surface area contributed by atoms with E-state index < -0.39 is 0 Å². The van der Waals surface area contributed by atoms with Crippen LogP contribution >= 0.6 is 46.8 Å². The normalized spacial score (nSPS) is 12.9. The van der Waals surface area contributed by atoms with Gasteiger partial charge in [-0.1, -0.05) is 29.3 Å². The number of aryl methyl sites for hydroxylation is 2. The van der Waals surface area contributed by atoms with Gasteiger partial charge in [0.2, 0.25) is 0 Å². The van der Waals surface area contributed by atoms with Crippen LogP contribution < -0.4 is 10.6 Å². The molecule has 2 aromatic heterocycles. The molecule has 0 amide bonds. The van der Waals surface area contributed by atoms with Crippen LogP contribution in [-0.4, -0.2) is 28.0 Å². The Hall–Kier alpha value is -2.13. The maximum Gasteiger partial charge on any atom is 0.341 e. The Balaban J connectivity index is 1.53. The fraction of sp³-hybridized carbons (Fsp3) is 0.348. The van der Waals surface area contributed by atoms with Crippen molar-refractivity contribution >= 4 is 68.5 Å². The van der Waals surface area contributed by atoms with Gasteiger partial charge >= 0.3 is 5.97 Å². The third-order valence-electron chi connectivity index (χ3n) is 5.72. The van der Waals surface area contributed by atoms with Crippen LogP contribution in [0.2, 0.25) is 10.0 Å². The van der Waals surface area contributed by atoms with E-state index in [2.05, 4.69) is 15.7 Å². The highest BCUT2D eigenvalue weighted by molar-refractivity contribution is 7.80. The molecule has 3 aromatic rings. The Labute approximate surface area is 212 Å². The topological polar surface area (TPSA) is 68.2 Å². The molecule has 6 nitrogen and oxygen atoms in total. The van der Waals surface area contributed by atoms with Gasteiger partial charge in [0.15, 0.2) is 5.11 Å². The van der Waals surface area contributed by atoms with E-state index in [9.17, 15) is 4.79 Å². The van der Waals surface area contributed by atoms with Crippen molar-refractivity contribution in [3.8, 4) is 0 Å². The summed E-state index contributed by atoms with van der Waals surface area (Å²) in [4.78, 5) is 13.7. The number of methoxy groups -OCH3 is 1. The average molecular weight is 524 g/mol. The van der Waals surface area contributed by atoms with Crippen LogP contribution in [0.1, 0.15) is 50.6 Å². The van der Waals surface area contributed by atoms with Gasteiger partial charge in [-0.2, -0.15) is 5.10 Å². The number of anilines is 2. The maximum atomic E-state index is 12.5. The van der Waals surface area contributed by atoms with Crippen molar-refractivity contribution in [2.24, 2.45) is 0 Å². The van der Waals surface area contributed by atoms with Crippen molar-refractivity contribution in [2.75, 3.05) is 17.7 Å². The number of carbonyl (C=O) groups excluding carboxylic acids is 1. The number of benzene rings is 1. The van der Waals surface area contributed by atoms with E-state index in [4.69, 9.17) is 40.2 Å². The number of nitrogens with zero attached hydrogens (tertiary/aromatic N) is 2. The summed E-state index contributed by atoms with van der Waals surface area (Å²) in [5, 5.41) is 13.3. The minimum atomic E-state index is -0.332. The van der Waals surface area contributed by atoms with Crippen LogP contribution in [0.15, 0.2) is 18.2 Å². The monoisotopic (exact) mass is 522 g/mol. The fourth-order valence-corrected chi connectivity index (χ4v) is 5.93. The van der Waals surface area contributed by atoms with E-state index in [0.717, 1.165) is 58.9 Å². The Morgan fingerprint density at radius 1 is 1.21 bits per heavy atom. The first-order chi connectivity index (χ1) is 15.8. The summed E-state index contributed by atoms with van der Waals surface area (Å²) in [5.74, 6) is -0.332. The molecule has 0 fully saturated rings. The van der Waals surface area contributed by atoms with E-state index >= 15 is 0 Å². The molecule has 0 unspecified atom stereocenters. The van der Waals surface area contributed by atoms with Gasteiger partial charge in [-0.3, -0.25) is 4.68 Å². The molecule has 1 aliphatic carbocycles. The molecule has 4 rings (SSSR count). The molecular weight excluding hydrogens is 499 g/mol. The lowest BCUT2D eigenvalue weighted by Gasteiger charge is -2.13. The third kappa shape index (κ3) is 5.04. The van der Waals surface area contributed by atoms with Gasteiger partial charge in [0, 0.05) is 4.88 Å². The van der Waals surface area contributed by atoms with E-state index in [1.807, 2.05) is 30.7 Å². The number of carbonyl (C=O) groups is 1. The summed E-state index contributed by atoms with van der Waals surface area (Å²) in [6, 6.07) is 5.55. The van der Waals surface area contributed by atoms with Gasteiger partial charge in [0.1, 0.15) is 5.00 Å². The van der Waals surface area contributed by atoms with E-state index in [0.29, 0.717) is 27.3 Å². The number of halogens is 2. The molecule has 2 heterocycles. The molecule has 0 spiro atoms. The second-order valence-corrected chi connectivity index (χ2v) is 10.3. The van der Waals surface area contributed by atoms with E-state index in [1.165, 1.54) is 12.0 Å². The van der Waals surface area contributed by atoms with Gasteiger partial charge in [-0.15, -0.1) is 11.3 Å². The number of hydrogen-bond donors (Lipinski definition) is 2. The van der Waals surface area contributed by atoms with Crippen molar-refractivity contribution in [2.45, 2.75) is 46.1 Å². The molecular formula is C23H24Cl2N4O2S2. The highest BCUT2D eigenvalue weighted by atomic mass is 35.5. The standard InChI is InChI=1S/C23H24Cl2N4O2S2/c1-12-20(13(2)29(28-12)11-14-8-9-16(24)17(25)10-14)26-23(32)27-21-19(22(30)31-3)15-6-4-5-7-18(15)33-21/h8-10H,4-7,11H2,1-3H3,(H2,26,27,32). The Kier molecular flexibility index (Phi) is 7.28. The SMILES string of the molecule is COC(=O)c1c(NC(=S)Nc2c(C)nn(Cc3ccc(Cl)c(Cl)c3)c2C)sc2c1CCCC2. The molecule has 0 aliphatic heterocycles. The molecule has 0 radical (unpaired) electrons. The first-order valence-corrected chi connectivity index (χ1v) is 12.5. The predicted molar refractivity (Wildman–Crippen MR) is 139 cm³/mol. The third-order valence-corrected chi connectivity index (χ3v) is 7.87. The minimum Gasteiger partial charge on any atom is -0.465 e. The summed E-state index contributed by atoms with van der Waals surface area (Å²) < 4.78 is 6.94. The molecule has 2 N–H and O–H groups in total. The number of nitrogens with one attached hydrogen (secondary N) is 2. The van der Waals surface area contributed by atoms with Crippen LogP contribution in [0.4, 0.5) is 10.7 Å². The first-order valence-electron chi connectivity index (χ1n) is 10.6. The zero-order valence-corrected chi connectivity index (χ0v) is 21.7. The van der Waals surface area contributed by atoms with Gasteiger partial charge in [0.25, 0.3) is 0 Å². The second-order valence-electron chi connectivity index (χ2n) is 7.94. The Morgan fingerprint density at radius 3 is 2.70 bits per heavy atom. The second kappa shape index (κ2) is 10.0. The van der Waals surface area contributed by atoms with Crippen molar-refractivity contribution in [3.05, 3.63) is 61.2 Å². The molecule has 10 heteroatoms. The number of fused-ring (bicyclic) bond motifs is 1. The zero-order valence-electron chi connectivity index (χ0n) is 18.6. The van der Waals surface area contributed by atoms with Crippen molar-refractivity contribution < 1.29 is 9.53 Å². The number of aromatic nitrogens is 2. The molecule has 174 valence electrons. The molecule has 0 saturated carbocycles. The lowest BCUT2D eigenvalue weighted by atomic mass is 9.95. The number of rotatable bonds is 5. The zero-order chi connectivity index (χ0) is 23.7. The van der Waals surface area contributed by atoms with Crippen LogP contribution in [-0.2, 0) is 24.1 Å². The Morgan fingerprint density at radius 2 is 1.97 bits per heavy atom. The summed E-state index contributed by atoms with van der Waals surface area (Å²) in [5.41, 5.74) is 5.26. The summed E-state index contributed by atoms with van der Waals surface area (Å²) >= 11 is 19.4. The van der Waals surface area contributed by atoms with Crippen LogP contribution in [0, 0.1) is 13.8 Å². The number of thiocarbonyl (C=S) groups is 1. The lowest BCUT2D eigenvalue weighted by molar-refractivity contribution is 0.0601. The summed E-state index contributed by atoms with van der Waals surface area (Å²) in [7, 11) is 1.41. The van der Waals surface area contributed by atoms with Crippen molar-refractivity contribution in [1.82, 2.24) is 9.78 Å². The van der Waals surface area contributed by atoms with Crippen LogP contribution in [0.25, 0.3) is 0 Å². The predicted octanol–water partition coefficient (Wildman–Crippen LogP) is 6.39. The summed E-state index contributed by atoms with van der Waals surface area (Å²) in [6.45, 7) is 4.45. The average Bonchev–Trinajstić information content (AvgIpc) is 3.27. The lowest BCUT2D eigenvalue weighted by Crippen LogP contribution is -2.21. The van der Waals surface area contributed by atoms with Gasteiger partial charge in [-0.05, 0) is 75.0 Å². The largest absolute Gasteiger partial charge is 0.465 e. The van der Waals surface area contributed by atoms with Crippen molar-refractivity contribution in [1.29, 1.82) is 0 Å². The number of hydrogen-bond acceptors (Lipinski definition) is 5. The Bertz CT molecular complexity index is 1240. The van der Waals surface area contributed by atoms with Crippen LogP contribution in [0.5, 0.6) is 0 Å². The molecule has 0 bridgehead atoms. The van der Waals surface area contributed by atoms with Crippen LogP contribution in [0.3, 0.4) is 0 Å². The smallest absolute Gasteiger partial charge is 0.341 e. The maximum absolute atomic E-state index is 12.5. The minimum absolute atomic E-state index is 0.332. The molecule has 1 aromatic carbocycles.